The first-order valence-electron chi connectivity index (χ1n) is 10.1. The van der Waals surface area contributed by atoms with E-state index >= 15 is 0 Å². The minimum Gasteiger partial charge on any atom is -0.379 e. The number of nitrogens with zero attached hydrogens (tertiary/aromatic N) is 2. The summed E-state index contributed by atoms with van der Waals surface area (Å²) < 4.78 is 11.5. The van der Waals surface area contributed by atoms with Gasteiger partial charge in [-0.15, -0.1) is 24.0 Å². The molecule has 1 atom stereocenters. The molecule has 1 aliphatic carbocycles. The molecule has 0 aromatic carbocycles. The van der Waals surface area contributed by atoms with Gasteiger partial charge in [-0.25, -0.2) is 0 Å². The topological polar surface area (TPSA) is 58.1 Å². The quantitative estimate of drug-likeness (QED) is 0.360. The van der Waals surface area contributed by atoms with Crippen molar-refractivity contribution < 1.29 is 9.47 Å². The van der Waals surface area contributed by atoms with Gasteiger partial charge in [-0.1, -0.05) is 19.3 Å². The first kappa shape index (κ1) is 22.2. The molecule has 3 aliphatic rings. The van der Waals surface area contributed by atoms with Gasteiger partial charge in [0.15, 0.2) is 5.96 Å². The van der Waals surface area contributed by atoms with E-state index in [4.69, 9.17) is 9.47 Å². The fraction of sp³-hybridized carbons (Fsp3) is 0.947. The molecule has 3 fully saturated rings. The van der Waals surface area contributed by atoms with E-state index in [-0.39, 0.29) is 35.1 Å². The summed E-state index contributed by atoms with van der Waals surface area (Å²) in [5.41, 5.74) is 0.206. The SMILES string of the molecule is CN=C(NCC1(C)CCCO1)NCC1(N2CCOCC2)CCCCC1.I. The zero-order valence-electron chi connectivity index (χ0n) is 16.5. The molecule has 0 bridgehead atoms. The number of halogens is 1. The Morgan fingerprint density at radius 3 is 2.27 bits per heavy atom. The summed E-state index contributed by atoms with van der Waals surface area (Å²) in [7, 11) is 1.86. The minimum absolute atomic E-state index is 0. The second kappa shape index (κ2) is 10.4. The summed E-state index contributed by atoms with van der Waals surface area (Å²) in [6.45, 7) is 8.69. The van der Waals surface area contributed by atoms with Gasteiger partial charge in [0.2, 0.25) is 0 Å². The first-order valence-corrected chi connectivity index (χ1v) is 10.1. The van der Waals surface area contributed by atoms with Gasteiger partial charge < -0.3 is 20.1 Å². The van der Waals surface area contributed by atoms with E-state index in [1.54, 1.807) is 0 Å². The largest absolute Gasteiger partial charge is 0.379 e. The lowest BCUT2D eigenvalue weighted by Gasteiger charge is -2.48. The summed E-state index contributed by atoms with van der Waals surface area (Å²) >= 11 is 0. The number of aliphatic imine (C=N–C) groups is 1. The van der Waals surface area contributed by atoms with Gasteiger partial charge >= 0.3 is 0 Å². The fourth-order valence-electron chi connectivity index (χ4n) is 4.57. The van der Waals surface area contributed by atoms with Crippen LogP contribution >= 0.6 is 24.0 Å². The van der Waals surface area contributed by atoms with E-state index in [1.807, 2.05) is 7.05 Å². The fourth-order valence-corrected chi connectivity index (χ4v) is 4.57. The Kier molecular flexibility index (Phi) is 8.90. The van der Waals surface area contributed by atoms with Crippen LogP contribution in [-0.2, 0) is 9.47 Å². The van der Waals surface area contributed by atoms with Crippen molar-refractivity contribution >= 4 is 29.9 Å². The van der Waals surface area contributed by atoms with Crippen LogP contribution in [-0.4, -0.2) is 75.0 Å². The average Bonchev–Trinajstić information content (AvgIpc) is 3.10. The molecule has 1 saturated carbocycles. The summed E-state index contributed by atoms with van der Waals surface area (Å²) in [6.07, 6.45) is 8.86. The highest BCUT2D eigenvalue weighted by Crippen LogP contribution is 2.33. The molecule has 152 valence electrons. The van der Waals surface area contributed by atoms with Crippen molar-refractivity contribution in [1.29, 1.82) is 0 Å². The van der Waals surface area contributed by atoms with E-state index < -0.39 is 0 Å². The Hall–Kier alpha value is -0.120. The lowest BCUT2D eigenvalue weighted by Crippen LogP contribution is -2.60. The molecule has 0 aromatic rings. The van der Waals surface area contributed by atoms with Crippen molar-refractivity contribution in [3.8, 4) is 0 Å². The molecule has 1 unspecified atom stereocenters. The third-order valence-corrected chi connectivity index (χ3v) is 6.20. The molecule has 2 heterocycles. The normalized spacial score (nSPS) is 29.8. The summed E-state index contributed by atoms with van der Waals surface area (Å²) in [5.74, 6) is 0.898. The molecule has 7 heteroatoms. The summed E-state index contributed by atoms with van der Waals surface area (Å²) in [5, 5.41) is 7.10. The van der Waals surface area contributed by atoms with Gasteiger partial charge in [0.25, 0.3) is 0 Å². The van der Waals surface area contributed by atoms with Crippen LogP contribution < -0.4 is 10.6 Å². The molecule has 2 aliphatic heterocycles. The van der Waals surface area contributed by atoms with Crippen LogP contribution in [0.25, 0.3) is 0 Å². The van der Waals surface area contributed by atoms with Crippen molar-refractivity contribution in [3.63, 3.8) is 0 Å². The maximum absolute atomic E-state index is 5.88. The van der Waals surface area contributed by atoms with Crippen molar-refractivity contribution in [2.24, 2.45) is 4.99 Å². The van der Waals surface area contributed by atoms with Crippen LogP contribution in [0, 0.1) is 0 Å². The molecule has 0 radical (unpaired) electrons. The minimum atomic E-state index is -0.0512. The van der Waals surface area contributed by atoms with E-state index in [9.17, 15) is 0 Å². The van der Waals surface area contributed by atoms with Gasteiger partial charge in [0, 0.05) is 45.4 Å². The molecule has 0 amide bonds. The highest BCUT2D eigenvalue weighted by molar-refractivity contribution is 14.0. The number of rotatable bonds is 5. The van der Waals surface area contributed by atoms with Crippen molar-refractivity contribution in [1.82, 2.24) is 15.5 Å². The molecule has 26 heavy (non-hydrogen) atoms. The van der Waals surface area contributed by atoms with E-state index in [0.717, 1.165) is 64.8 Å². The Balaban J connectivity index is 0.00000243. The van der Waals surface area contributed by atoms with E-state index in [1.165, 1.54) is 32.1 Å². The smallest absolute Gasteiger partial charge is 0.191 e. The van der Waals surface area contributed by atoms with Gasteiger partial charge in [-0.2, -0.15) is 0 Å². The lowest BCUT2D eigenvalue weighted by molar-refractivity contribution is -0.0353. The zero-order chi connectivity index (χ0) is 17.6. The van der Waals surface area contributed by atoms with E-state index in [2.05, 4.69) is 27.4 Å². The maximum atomic E-state index is 5.88. The predicted molar refractivity (Wildman–Crippen MR) is 117 cm³/mol. The van der Waals surface area contributed by atoms with Crippen LogP contribution in [0.1, 0.15) is 51.9 Å². The van der Waals surface area contributed by atoms with Crippen LogP contribution in [0.2, 0.25) is 0 Å². The first-order chi connectivity index (χ1) is 12.2. The predicted octanol–water partition coefficient (Wildman–Crippen LogP) is 2.37. The molecule has 3 rings (SSSR count). The highest BCUT2D eigenvalue weighted by atomic mass is 127. The number of guanidine groups is 1. The maximum Gasteiger partial charge on any atom is 0.191 e. The average molecular weight is 480 g/mol. The molecule has 0 aromatic heterocycles. The molecule has 2 N–H and O–H groups in total. The molecule has 2 saturated heterocycles. The Bertz CT molecular complexity index is 443. The number of ether oxygens (including phenoxy) is 2. The van der Waals surface area contributed by atoms with Crippen LogP contribution in [0.3, 0.4) is 0 Å². The highest BCUT2D eigenvalue weighted by Gasteiger charge is 2.38. The number of morpholine rings is 1. The molecular formula is C19H37IN4O2. The third kappa shape index (κ3) is 5.69. The Morgan fingerprint density at radius 2 is 1.65 bits per heavy atom. The molecule has 0 spiro atoms. The lowest BCUT2D eigenvalue weighted by atomic mass is 9.80. The Morgan fingerprint density at radius 1 is 0.962 bits per heavy atom. The second-order valence-electron chi connectivity index (χ2n) is 8.07. The number of hydrogen-bond acceptors (Lipinski definition) is 4. The second-order valence-corrected chi connectivity index (χ2v) is 8.07. The van der Waals surface area contributed by atoms with Crippen LogP contribution in [0.15, 0.2) is 4.99 Å². The van der Waals surface area contributed by atoms with Gasteiger partial charge in [0.05, 0.1) is 18.8 Å². The Labute approximate surface area is 175 Å². The standard InChI is InChI=1S/C19H36N4O2.HI/c1-18(7-6-12-25-18)15-21-17(20-2)22-16-19(8-4-3-5-9-19)23-10-13-24-14-11-23;/h3-16H2,1-2H3,(H2,20,21,22);1H. The van der Waals surface area contributed by atoms with Crippen molar-refractivity contribution in [2.45, 2.75) is 63.0 Å². The number of hydrogen-bond donors (Lipinski definition) is 2. The van der Waals surface area contributed by atoms with E-state index in [0.29, 0.717) is 0 Å². The third-order valence-electron chi connectivity index (χ3n) is 6.20. The summed E-state index contributed by atoms with van der Waals surface area (Å²) in [4.78, 5) is 7.10. The van der Waals surface area contributed by atoms with Gasteiger partial charge in [-0.05, 0) is 32.6 Å². The van der Waals surface area contributed by atoms with Crippen LogP contribution in [0.5, 0.6) is 0 Å². The van der Waals surface area contributed by atoms with Gasteiger partial charge in [-0.3, -0.25) is 9.89 Å². The van der Waals surface area contributed by atoms with Crippen molar-refractivity contribution in [2.75, 3.05) is 53.0 Å². The van der Waals surface area contributed by atoms with Gasteiger partial charge in [0.1, 0.15) is 0 Å². The summed E-state index contributed by atoms with van der Waals surface area (Å²) in [6, 6.07) is 0. The van der Waals surface area contributed by atoms with Crippen molar-refractivity contribution in [3.05, 3.63) is 0 Å². The van der Waals surface area contributed by atoms with Crippen LogP contribution in [0.4, 0.5) is 0 Å². The zero-order valence-corrected chi connectivity index (χ0v) is 18.8. The monoisotopic (exact) mass is 480 g/mol. The molecule has 6 nitrogen and oxygen atoms in total. The molecular weight excluding hydrogens is 443 g/mol. The number of nitrogens with one attached hydrogen (secondary N) is 2.